The molecule has 186 valence electrons. The number of ether oxygens (including phenoxy) is 3. The first-order valence-corrected chi connectivity index (χ1v) is 11.6. The van der Waals surface area contributed by atoms with Crippen LogP contribution in [0.15, 0.2) is 48.0 Å². The number of benzene rings is 2. The van der Waals surface area contributed by atoms with Crippen molar-refractivity contribution in [3.63, 3.8) is 0 Å². The Balaban J connectivity index is 1.77. The molecule has 2 N–H and O–H groups in total. The third-order valence-electron chi connectivity index (χ3n) is 6.49. The molecular formula is C26H31N3O6. The first-order chi connectivity index (χ1) is 17.0. The molecule has 0 aliphatic carbocycles. The smallest absolute Gasteiger partial charge is 0.295 e. The van der Waals surface area contributed by atoms with Gasteiger partial charge in [0.1, 0.15) is 11.5 Å². The first kappa shape index (κ1) is 24.6. The van der Waals surface area contributed by atoms with Crippen molar-refractivity contribution in [2.45, 2.75) is 6.04 Å². The molecule has 0 radical (unpaired) electrons. The molecule has 1 amide bonds. The number of rotatable bonds is 8. The van der Waals surface area contributed by atoms with E-state index < -0.39 is 17.7 Å². The summed E-state index contributed by atoms with van der Waals surface area (Å²) < 4.78 is 16.0. The zero-order valence-corrected chi connectivity index (χ0v) is 20.2. The number of aliphatic hydroxyl groups is 1. The van der Waals surface area contributed by atoms with E-state index in [4.69, 9.17) is 14.2 Å². The summed E-state index contributed by atoms with van der Waals surface area (Å²) in [6.45, 7) is 4.49. The Bertz CT molecular complexity index is 1110. The van der Waals surface area contributed by atoms with Crippen molar-refractivity contribution < 1.29 is 28.9 Å². The predicted octanol–water partition coefficient (Wildman–Crippen LogP) is 2.04. The van der Waals surface area contributed by atoms with Crippen LogP contribution in [0.5, 0.6) is 17.2 Å². The summed E-state index contributed by atoms with van der Waals surface area (Å²) in [5.41, 5.74) is 1.13. The molecule has 35 heavy (non-hydrogen) atoms. The number of hydrogen-bond donors (Lipinski definition) is 2. The van der Waals surface area contributed by atoms with E-state index in [1.807, 2.05) is 0 Å². The molecule has 2 aromatic rings. The Hall–Kier alpha value is -3.56. The molecule has 1 atom stereocenters. The van der Waals surface area contributed by atoms with Gasteiger partial charge in [0.05, 0.1) is 32.9 Å². The second-order valence-corrected chi connectivity index (χ2v) is 8.43. The van der Waals surface area contributed by atoms with Crippen LogP contribution in [0.1, 0.15) is 17.2 Å². The van der Waals surface area contributed by atoms with E-state index in [1.165, 1.54) is 7.11 Å². The number of carbonyl (C=O) groups excluding carboxylic acids is 2. The molecule has 2 saturated heterocycles. The van der Waals surface area contributed by atoms with Gasteiger partial charge in [-0.25, -0.2) is 0 Å². The normalized spacial score (nSPS) is 20.2. The second kappa shape index (κ2) is 10.8. The van der Waals surface area contributed by atoms with Gasteiger partial charge in [0.15, 0.2) is 11.5 Å². The highest BCUT2D eigenvalue weighted by Gasteiger charge is 2.46. The van der Waals surface area contributed by atoms with Gasteiger partial charge in [-0.05, 0) is 42.0 Å². The van der Waals surface area contributed by atoms with E-state index in [2.05, 4.69) is 10.2 Å². The lowest BCUT2D eigenvalue weighted by molar-refractivity contribution is -0.140. The number of hydrogen-bond acceptors (Lipinski definition) is 8. The van der Waals surface area contributed by atoms with Crippen LogP contribution < -0.4 is 19.5 Å². The number of carbonyl (C=O) groups is 2. The third-order valence-corrected chi connectivity index (χ3v) is 6.49. The van der Waals surface area contributed by atoms with E-state index >= 15 is 0 Å². The summed E-state index contributed by atoms with van der Waals surface area (Å²) in [5, 5.41) is 14.5. The minimum Gasteiger partial charge on any atom is -0.507 e. The summed E-state index contributed by atoms with van der Waals surface area (Å²) in [6, 6.07) is 11.2. The third kappa shape index (κ3) is 4.96. The number of likely N-dealkylation sites (tertiary alicyclic amines) is 1. The lowest BCUT2D eigenvalue weighted by atomic mass is 9.95. The zero-order chi connectivity index (χ0) is 24.9. The Morgan fingerprint density at radius 1 is 0.943 bits per heavy atom. The number of Topliss-reactive ketones (excluding diaryl/α,β-unsaturated/α-hetero) is 1. The minimum atomic E-state index is -0.764. The largest absolute Gasteiger partial charge is 0.507 e. The monoisotopic (exact) mass is 481 g/mol. The van der Waals surface area contributed by atoms with Gasteiger partial charge >= 0.3 is 0 Å². The lowest BCUT2D eigenvalue weighted by Gasteiger charge is -2.31. The van der Waals surface area contributed by atoms with Gasteiger partial charge in [-0.3, -0.25) is 14.5 Å². The lowest BCUT2D eigenvalue weighted by Crippen LogP contribution is -2.46. The number of ketones is 1. The predicted molar refractivity (Wildman–Crippen MR) is 131 cm³/mol. The molecule has 4 rings (SSSR count). The topological polar surface area (TPSA) is 101 Å². The van der Waals surface area contributed by atoms with Crippen LogP contribution in [-0.2, 0) is 9.59 Å². The zero-order valence-electron chi connectivity index (χ0n) is 20.2. The van der Waals surface area contributed by atoms with Crippen LogP contribution in [0.3, 0.4) is 0 Å². The van der Waals surface area contributed by atoms with E-state index in [0.29, 0.717) is 41.5 Å². The summed E-state index contributed by atoms with van der Waals surface area (Å²) in [6.07, 6.45) is 0. The summed E-state index contributed by atoms with van der Waals surface area (Å²) in [5.74, 6) is 0.0598. The molecule has 2 fully saturated rings. The number of piperazine rings is 1. The van der Waals surface area contributed by atoms with Crippen molar-refractivity contribution in [1.29, 1.82) is 0 Å². The highest BCUT2D eigenvalue weighted by atomic mass is 16.5. The molecule has 2 heterocycles. The number of amides is 1. The molecule has 0 aromatic heterocycles. The van der Waals surface area contributed by atoms with E-state index in [9.17, 15) is 14.7 Å². The fraction of sp³-hybridized carbons (Fsp3) is 0.385. The summed E-state index contributed by atoms with van der Waals surface area (Å²) in [4.78, 5) is 30.3. The minimum absolute atomic E-state index is 0.0488. The number of methoxy groups -OCH3 is 3. The highest BCUT2D eigenvalue weighted by Crippen LogP contribution is 2.42. The molecule has 9 nitrogen and oxygen atoms in total. The van der Waals surface area contributed by atoms with Crippen LogP contribution in [0.4, 0.5) is 0 Å². The SMILES string of the molecule is COc1ccc(/C(O)=C2/C(=O)C(=O)N(CCN3CCNCC3)C2c2ccc(OC)c(OC)c2)cc1. The van der Waals surface area contributed by atoms with Gasteiger partial charge in [0, 0.05) is 44.8 Å². The van der Waals surface area contributed by atoms with Gasteiger partial charge in [-0.2, -0.15) is 0 Å². The standard InChI is InChI=1S/C26H31N3O6/c1-33-19-7-4-17(5-8-19)24(30)22-23(18-6-9-20(34-2)21(16-18)35-3)29(26(32)25(22)31)15-14-28-12-10-27-11-13-28/h4-9,16,23,27,30H,10-15H2,1-3H3/b24-22-. The Labute approximate surface area is 204 Å². The molecule has 2 aliphatic rings. The van der Waals surface area contributed by atoms with Gasteiger partial charge in [0.2, 0.25) is 0 Å². The maximum Gasteiger partial charge on any atom is 0.295 e. The van der Waals surface area contributed by atoms with Crippen molar-refractivity contribution in [3.8, 4) is 17.2 Å². The molecule has 2 aromatic carbocycles. The molecule has 1 unspecified atom stereocenters. The average Bonchev–Trinajstić information content (AvgIpc) is 3.16. The van der Waals surface area contributed by atoms with Crippen LogP contribution in [0, 0.1) is 0 Å². The van der Waals surface area contributed by atoms with Crippen LogP contribution in [0.25, 0.3) is 5.76 Å². The van der Waals surface area contributed by atoms with Gasteiger partial charge < -0.3 is 29.5 Å². The van der Waals surface area contributed by atoms with E-state index in [0.717, 1.165) is 26.2 Å². The first-order valence-electron chi connectivity index (χ1n) is 11.6. The van der Waals surface area contributed by atoms with Crippen molar-refractivity contribution >= 4 is 17.4 Å². The molecule has 0 bridgehead atoms. The molecule has 0 spiro atoms. The van der Waals surface area contributed by atoms with Gasteiger partial charge in [-0.15, -0.1) is 0 Å². The van der Waals surface area contributed by atoms with Crippen molar-refractivity contribution in [1.82, 2.24) is 15.1 Å². The number of aliphatic hydroxyl groups excluding tert-OH is 1. The van der Waals surface area contributed by atoms with Gasteiger partial charge in [0.25, 0.3) is 11.7 Å². The molecular weight excluding hydrogens is 450 g/mol. The average molecular weight is 482 g/mol. The molecule has 0 saturated carbocycles. The van der Waals surface area contributed by atoms with Crippen molar-refractivity contribution in [2.75, 3.05) is 60.6 Å². The summed E-state index contributed by atoms with van der Waals surface area (Å²) >= 11 is 0. The summed E-state index contributed by atoms with van der Waals surface area (Å²) in [7, 11) is 4.62. The maximum atomic E-state index is 13.3. The van der Waals surface area contributed by atoms with Crippen LogP contribution >= 0.6 is 0 Å². The molecule has 2 aliphatic heterocycles. The van der Waals surface area contributed by atoms with Crippen LogP contribution in [-0.4, -0.2) is 87.2 Å². The fourth-order valence-electron chi connectivity index (χ4n) is 4.57. The van der Waals surface area contributed by atoms with E-state index in [1.54, 1.807) is 61.6 Å². The Morgan fingerprint density at radius 2 is 1.63 bits per heavy atom. The van der Waals surface area contributed by atoms with E-state index in [-0.39, 0.29) is 11.3 Å². The fourth-order valence-corrected chi connectivity index (χ4v) is 4.57. The highest BCUT2D eigenvalue weighted by molar-refractivity contribution is 6.46. The van der Waals surface area contributed by atoms with Crippen molar-refractivity contribution in [3.05, 3.63) is 59.2 Å². The van der Waals surface area contributed by atoms with Crippen LogP contribution in [0.2, 0.25) is 0 Å². The Morgan fingerprint density at radius 3 is 2.26 bits per heavy atom. The molecule has 9 heteroatoms. The quantitative estimate of drug-likeness (QED) is 0.336. The number of nitrogens with zero attached hydrogens (tertiary/aromatic N) is 2. The van der Waals surface area contributed by atoms with Crippen molar-refractivity contribution in [2.24, 2.45) is 0 Å². The number of nitrogens with one attached hydrogen (secondary N) is 1. The second-order valence-electron chi connectivity index (χ2n) is 8.43. The maximum absolute atomic E-state index is 13.3. The van der Waals surface area contributed by atoms with Gasteiger partial charge in [-0.1, -0.05) is 6.07 Å². The Kier molecular flexibility index (Phi) is 7.57.